The molecule has 0 saturated heterocycles. The third kappa shape index (κ3) is 2.60. The molecule has 0 aliphatic rings. The van der Waals surface area contributed by atoms with Crippen molar-refractivity contribution in [3.05, 3.63) is 39.5 Å². The summed E-state index contributed by atoms with van der Waals surface area (Å²) in [6, 6.07) is 5.43. The first-order chi connectivity index (χ1) is 8.63. The Balaban J connectivity index is 2.34. The molecule has 2 rings (SSSR count). The lowest BCUT2D eigenvalue weighted by Gasteiger charge is -2.09. The molecule has 2 N–H and O–H groups in total. The fraction of sp³-hybridized carbons (Fsp3) is 0.333. The minimum atomic E-state index is 0.472. The molecule has 0 unspecified atom stereocenters. The normalized spacial score (nSPS) is 10.8. The van der Waals surface area contributed by atoms with Crippen LogP contribution < -0.4 is 5.73 Å². The van der Waals surface area contributed by atoms with E-state index in [1.54, 1.807) is 4.68 Å². The Morgan fingerprint density at radius 1 is 1.28 bits per heavy atom. The summed E-state index contributed by atoms with van der Waals surface area (Å²) in [4.78, 5) is 0. The summed E-state index contributed by atoms with van der Waals surface area (Å²) in [7, 11) is 0. The zero-order valence-corrected chi connectivity index (χ0v) is 11.5. The third-order valence-corrected chi connectivity index (χ3v) is 3.43. The molecule has 0 aliphatic carbocycles. The maximum Gasteiger partial charge on any atom is 0.169 e. The minimum absolute atomic E-state index is 0.472. The highest BCUT2D eigenvalue weighted by Crippen LogP contribution is 2.25. The number of hydrogen-bond donors (Lipinski definition) is 1. The van der Waals surface area contributed by atoms with Gasteiger partial charge < -0.3 is 5.73 Å². The van der Waals surface area contributed by atoms with Crippen LogP contribution in [-0.4, -0.2) is 15.0 Å². The lowest BCUT2D eigenvalue weighted by Crippen LogP contribution is -2.08. The van der Waals surface area contributed by atoms with E-state index >= 15 is 0 Å². The molecule has 18 heavy (non-hydrogen) atoms. The topological polar surface area (TPSA) is 56.7 Å². The van der Waals surface area contributed by atoms with Gasteiger partial charge in [0.15, 0.2) is 5.82 Å². The number of hydrogen-bond acceptors (Lipinski definition) is 3. The summed E-state index contributed by atoms with van der Waals surface area (Å²) in [5, 5.41) is 9.18. The average Bonchev–Trinajstić information content (AvgIpc) is 2.67. The molecule has 0 atom stereocenters. The number of rotatable bonds is 4. The van der Waals surface area contributed by atoms with Crippen LogP contribution in [0.15, 0.2) is 18.2 Å². The Kier molecular flexibility index (Phi) is 4.09. The molecule has 6 heteroatoms. The molecule has 4 nitrogen and oxygen atoms in total. The molecular formula is C12H14Cl2N4. The van der Waals surface area contributed by atoms with Crippen molar-refractivity contribution in [3.8, 4) is 0 Å². The highest BCUT2D eigenvalue weighted by molar-refractivity contribution is 6.35. The summed E-state index contributed by atoms with van der Waals surface area (Å²) in [5.41, 5.74) is 7.56. The SMILES string of the molecule is CCCc1c(N)nnn1Cc1c(Cl)cccc1Cl. The van der Waals surface area contributed by atoms with Gasteiger partial charge in [0.1, 0.15) is 0 Å². The zero-order chi connectivity index (χ0) is 13.1. The van der Waals surface area contributed by atoms with Crippen LogP contribution in [0.1, 0.15) is 24.6 Å². The van der Waals surface area contributed by atoms with E-state index in [0.29, 0.717) is 22.4 Å². The van der Waals surface area contributed by atoms with Gasteiger partial charge in [-0.3, -0.25) is 0 Å². The van der Waals surface area contributed by atoms with Gasteiger partial charge in [-0.05, 0) is 18.6 Å². The standard InChI is InChI=1S/C12H14Cl2N4/c1-2-4-11-12(15)16-17-18(11)7-8-9(13)5-3-6-10(8)14/h3,5-6H,2,4,7,15H2,1H3. The van der Waals surface area contributed by atoms with Gasteiger partial charge >= 0.3 is 0 Å². The van der Waals surface area contributed by atoms with E-state index in [1.807, 2.05) is 18.2 Å². The average molecular weight is 285 g/mol. The van der Waals surface area contributed by atoms with E-state index in [0.717, 1.165) is 24.1 Å². The van der Waals surface area contributed by atoms with Crippen molar-refractivity contribution in [2.24, 2.45) is 0 Å². The van der Waals surface area contributed by atoms with E-state index in [9.17, 15) is 0 Å². The second-order valence-corrected chi connectivity index (χ2v) is 4.84. The fourth-order valence-corrected chi connectivity index (χ4v) is 2.32. The molecule has 2 aromatic rings. The van der Waals surface area contributed by atoms with Crippen LogP contribution in [0.4, 0.5) is 5.82 Å². The number of halogens is 2. The van der Waals surface area contributed by atoms with Crippen molar-refractivity contribution in [3.63, 3.8) is 0 Å². The van der Waals surface area contributed by atoms with E-state index in [-0.39, 0.29) is 0 Å². The van der Waals surface area contributed by atoms with E-state index in [1.165, 1.54) is 0 Å². The highest BCUT2D eigenvalue weighted by Gasteiger charge is 2.12. The van der Waals surface area contributed by atoms with Crippen LogP contribution in [0.3, 0.4) is 0 Å². The Morgan fingerprint density at radius 2 is 1.94 bits per heavy atom. The first-order valence-corrected chi connectivity index (χ1v) is 6.49. The molecule has 0 saturated carbocycles. The second-order valence-electron chi connectivity index (χ2n) is 4.03. The van der Waals surface area contributed by atoms with Crippen LogP contribution in [-0.2, 0) is 13.0 Å². The first-order valence-electron chi connectivity index (χ1n) is 5.74. The van der Waals surface area contributed by atoms with Gasteiger partial charge in [0.05, 0.1) is 12.2 Å². The van der Waals surface area contributed by atoms with Gasteiger partial charge in [-0.25, -0.2) is 4.68 Å². The highest BCUT2D eigenvalue weighted by atomic mass is 35.5. The van der Waals surface area contributed by atoms with Crippen molar-refractivity contribution in [2.45, 2.75) is 26.3 Å². The van der Waals surface area contributed by atoms with Crippen molar-refractivity contribution >= 4 is 29.0 Å². The summed E-state index contributed by atoms with van der Waals surface area (Å²) in [5.74, 6) is 0.472. The number of nitrogen functional groups attached to an aromatic ring is 1. The zero-order valence-electron chi connectivity index (χ0n) is 10.0. The monoisotopic (exact) mass is 284 g/mol. The van der Waals surface area contributed by atoms with Gasteiger partial charge in [-0.2, -0.15) is 0 Å². The van der Waals surface area contributed by atoms with Crippen molar-refractivity contribution in [2.75, 3.05) is 5.73 Å². The summed E-state index contributed by atoms with van der Waals surface area (Å²) < 4.78 is 1.76. The minimum Gasteiger partial charge on any atom is -0.381 e. The Morgan fingerprint density at radius 3 is 2.56 bits per heavy atom. The molecule has 0 amide bonds. The smallest absolute Gasteiger partial charge is 0.169 e. The van der Waals surface area contributed by atoms with Crippen LogP contribution in [0.2, 0.25) is 10.0 Å². The Hall–Kier alpha value is -1.26. The molecule has 1 aromatic heterocycles. The van der Waals surface area contributed by atoms with E-state index < -0.39 is 0 Å². The molecule has 0 bridgehead atoms. The fourth-order valence-electron chi connectivity index (χ4n) is 1.80. The molecule has 0 spiro atoms. The van der Waals surface area contributed by atoms with Crippen LogP contribution in [0, 0.1) is 0 Å². The number of nitrogens with two attached hydrogens (primary N) is 1. The van der Waals surface area contributed by atoms with Gasteiger partial charge in [0.2, 0.25) is 0 Å². The molecule has 1 heterocycles. The number of aromatic nitrogens is 3. The van der Waals surface area contributed by atoms with Crippen LogP contribution in [0.5, 0.6) is 0 Å². The van der Waals surface area contributed by atoms with Gasteiger partial charge in [-0.1, -0.05) is 47.8 Å². The maximum atomic E-state index is 6.14. The second kappa shape index (κ2) is 5.59. The van der Waals surface area contributed by atoms with Crippen molar-refractivity contribution in [1.29, 1.82) is 0 Å². The van der Waals surface area contributed by atoms with Crippen molar-refractivity contribution in [1.82, 2.24) is 15.0 Å². The largest absolute Gasteiger partial charge is 0.381 e. The van der Waals surface area contributed by atoms with Gasteiger partial charge in [0, 0.05) is 15.6 Å². The molecular weight excluding hydrogens is 271 g/mol. The molecule has 0 fully saturated rings. The quantitative estimate of drug-likeness (QED) is 0.938. The maximum absolute atomic E-state index is 6.14. The summed E-state index contributed by atoms with van der Waals surface area (Å²) in [6.07, 6.45) is 1.81. The lowest BCUT2D eigenvalue weighted by atomic mass is 10.2. The first kappa shape index (κ1) is 13.2. The van der Waals surface area contributed by atoms with Crippen LogP contribution in [0.25, 0.3) is 0 Å². The van der Waals surface area contributed by atoms with Gasteiger partial charge in [-0.15, -0.1) is 5.10 Å². The molecule has 0 aliphatic heterocycles. The lowest BCUT2D eigenvalue weighted by molar-refractivity contribution is 0.613. The third-order valence-electron chi connectivity index (χ3n) is 2.72. The predicted octanol–water partition coefficient (Wildman–Crippen LogP) is 3.17. The summed E-state index contributed by atoms with van der Waals surface area (Å²) in [6.45, 7) is 2.57. The number of anilines is 1. The molecule has 1 aromatic carbocycles. The Labute approximate surface area is 116 Å². The van der Waals surface area contributed by atoms with Crippen LogP contribution >= 0.6 is 23.2 Å². The van der Waals surface area contributed by atoms with E-state index in [2.05, 4.69) is 17.2 Å². The number of nitrogens with zero attached hydrogens (tertiary/aromatic N) is 3. The molecule has 0 radical (unpaired) electrons. The Bertz CT molecular complexity index is 531. The number of benzene rings is 1. The van der Waals surface area contributed by atoms with Gasteiger partial charge in [0.25, 0.3) is 0 Å². The van der Waals surface area contributed by atoms with E-state index in [4.69, 9.17) is 28.9 Å². The molecule has 96 valence electrons. The predicted molar refractivity (Wildman–Crippen MR) is 74.0 cm³/mol. The summed E-state index contributed by atoms with van der Waals surface area (Å²) >= 11 is 12.3. The van der Waals surface area contributed by atoms with Crippen molar-refractivity contribution < 1.29 is 0 Å².